The summed E-state index contributed by atoms with van der Waals surface area (Å²) in [6.07, 6.45) is 0.350. The average Bonchev–Trinajstić information content (AvgIpc) is 2.59. The van der Waals surface area contributed by atoms with E-state index in [1.165, 1.54) is 11.0 Å². The Kier molecular flexibility index (Phi) is 5.17. The number of carbonyl (C=O) groups is 1. The molecule has 8 heteroatoms. The molecule has 24 heavy (non-hydrogen) atoms. The van der Waals surface area contributed by atoms with Crippen molar-refractivity contribution in [2.75, 3.05) is 18.8 Å². The molecule has 1 unspecified atom stereocenters. The first-order valence-electron chi connectivity index (χ1n) is 7.76. The molecule has 1 aliphatic heterocycles. The van der Waals surface area contributed by atoms with E-state index in [0.717, 1.165) is 12.1 Å². The lowest BCUT2D eigenvalue weighted by Crippen LogP contribution is -2.42. The van der Waals surface area contributed by atoms with Crippen LogP contribution >= 0.6 is 0 Å². The van der Waals surface area contributed by atoms with E-state index in [4.69, 9.17) is 0 Å². The Balaban J connectivity index is 2.05. The number of sulfone groups is 1. The lowest BCUT2D eigenvalue weighted by atomic mass is 10.1. The van der Waals surface area contributed by atoms with Crippen molar-refractivity contribution in [3.63, 3.8) is 0 Å². The number of amides is 2. The molecule has 1 saturated heterocycles. The topological polar surface area (TPSA) is 66.5 Å². The zero-order chi connectivity index (χ0) is 18.1. The molecular formula is C16H22F2N2O3S. The van der Waals surface area contributed by atoms with Gasteiger partial charge in [0.1, 0.15) is 0 Å². The third-order valence-electron chi connectivity index (χ3n) is 4.53. The molecular weight excluding hydrogens is 338 g/mol. The van der Waals surface area contributed by atoms with Crippen LogP contribution in [0.1, 0.15) is 38.8 Å². The number of benzene rings is 1. The first-order valence-corrected chi connectivity index (χ1v) is 9.41. The van der Waals surface area contributed by atoms with Gasteiger partial charge >= 0.3 is 6.03 Å². The number of hydrogen-bond donors (Lipinski definition) is 1. The summed E-state index contributed by atoms with van der Waals surface area (Å²) in [5.74, 6) is -2.01. The molecule has 0 aliphatic carbocycles. The van der Waals surface area contributed by atoms with Crippen molar-refractivity contribution in [1.29, 1.82) is 0 Å². The maximum atomic E-state index is 13.3. The summed E-state index contributed by atoms with van der Waals surface area (Å²) in [6.45, 7) is 5.41. The van der Waals surface area contributed by atoms with Gasteiger partial charge < -0.3 is 10.2 Å². The smallest absolute Gasteiger partial charge is 0.317 e. The SMILES string of the molecule is CC(NC(=O)N1CCC(C)(C)S(=O)(=O)CC1)c1ccc(F)c(F)c1. The van der Waals surface area contributed by atoms with Gasteiger partial charge in [0, 0.05) is 13.1 Å². The highest BCUT2D eigenvalue weighted by atomic mass is 32.2. The van der Waals surface area contributed by atoms with Crippen LogP contribution in [0.5, 0.6) is 0 Å². The fourth-order valence-corrected chi connectivity index (χ4v) is 3.94. The molecule has 1 heterocycles. The van der Waals surface area contributed by atoms with E-state index in [9.17, 15) is 22.0 Å². The van der Waals surface area contributed by atoms with Crippen LogP contribution in [0, 0.1) is 11.6 Å². The Labute approximate surface area is 141 Å². The first kappa shape index (κ1) is 18.6. The molecule has 2 amide bonds. The van der Waals surface area contributed by atoms with Crippen molar-refractivity contribution < 1.29 is 22.0 Å². The van der Waals surface area contributed by atoms with Crippen molar-refractivity contribution in [3.8, 4) is 0 Å². The number of nitrogens with zero attached hydrogens (tertiary/aromatic N) is 1. The first-order chi connectivity index (χ1) is 11.0. The molecule has 1 fully saturated rings. The second kappa shape index (κ2) is 6.66. The molecule has 0 bridgehead atoms. The van der Waals surface area contributed by atoms with Crippen LogP contribution in [-0.2, 0) is 9.84 Å². The standard InChI is InChI=1S/C16H22F2N2O3S/c1-11(12-4-5-13(17)14(18)10-12)19-15(21)20-7-6-16(2,3)24(22,23)9-8-20/h4-5,10-11H,6-9H2,1-3H3,(H,19,21). The minimum absolute atomic E-state index is 0.0903. The van der Waals surface area contributed by atoms with Gasteiger partial charge in [0.25, 0.3) is 0 Å². The second-order valence-electron chi connectivity index (χ2n) is 6.66. The lowest BCUT2D eigenvalue weighted by Gasteiger charge is -2.24. The molecule has 1 aromatic rings. The van der Waals surface area contributed by atoms with Crippen molar-refractivity contribution in [2.45, 2.75) is 38.0 Å². The zero-order valence-corrected chi connectivity index (χ0v) is 14.8. The normalized spacial score (nSPS) is 21.0. The van der Waals surface area contributed by atoms with Crippen LogP contribution < -0.4 is 5.32 Å². The molecule has 1 aromatic carbocycles. The minimum atomic E-state index is -3.27. The van der Waals surface area contributed by atoms with Gasteiger partial charge in [-0.3, -0.25) is 0 Å². The monoisotopic (exact) mass is 360 g/mol. The van der Waals surface area contributed by atoms with Gasteiger partial charge in [-0.15, -0.1) is 0 Å². The summed E-state index contributed by atoms with van der Waals surface area (Å²) in [4.78, 5) is 13.8. The quantitative estimate of drug-likeness (QED) is 0.882. The van der Waals surface area contributed by atoms with E-state index in [1.54, 1.807) is 20.8 Å². The molecule has 134 valence electrons. The summed E-state index contributed by atoms with van der Waals surface area (Å²) in [5, 5.41) is 2.70. The van der Waals surface area contributed by atoms with E-state index in [-0.39, 0.29) is 12.3 Å². The predicted molar refractivity (Wildman–Crippen MR) is 87.4 cm³/mol. The van der Waals surface area contributed by atoms with Crippen LogP contribution in [0.25, 0.3) is 0 Å². The van der Waals surface area contributed by atoms with Crippen LogP contribution in [-0.4, -0.2) is 42.9 Å². The van der Waals surface area contributed by atoms with Gasteiger partial charge in [-0.25, -0.2) is 22.0 Å². The van der Waals surface area contributed by atoms with Gasteiger partial charge in [0.2, 0.25) is 0 Å². The minimum Gasteiger partial charge on any atom is -0.331 e. The Hall–Kier alpha value is -1.70. The predicted octanol–water partition coefficient (Wildman–Crippen LogP) is 2.63. The van der Waals surface area contributed by atoms with E-state index in [1.807, 2.05) is 0 Å². The summed E-state index contributed by atoms with van der Waals surface area (Å²) in [6, 6.07) is 2.50. The number of hydrogen-bond acceptors (Lipinski definition) is 3. The van der Waals surface area contributed by atoms with E-state index >= 15 is 0 Å². The number of urea groups is 1. The molecule has 0 aromatic heterocycles. The summed E-state index contributed by atoms with van der Waals surface area (Å²) in [7, 11) is -3.27. The van der Waals surface area contributed by atoms with Gasteiger partial charge in [-0.05, 0) is 44.9 Å². The number of nitrogens with one attached hydrogen (secondary N) is 1. The largest absolute Gasteiger partial charge is 0.331 e. The summed E-state index contributed by atoms with van der Waals surface area (Å²) >= 11 is 0. The number of carbonyl (C=O) groups excluding carboxylic acids is 1. The molecule has 0 spiro atoms. The highest BCUT2D eigenvalue weighted by Gasteiger charge is 2.38. The molecule has 0 radical (unpaired) electrons. The lowest BCUT2D eigenvalue weighted by molar-refractivity contribution is 0.197. The summed E-state index contributed by atoms with van der Waals surface area (Å²) < 4.78 is 49.7. The average molecular weight is 360 g/mol. The van der Waals surface area contributed by atoms with Gasteiger partial charge in [-0.2, -0.15) is 0 Å². The van der Waals surface area contributed by atoms with Crippen LogP contribution in [0.15, 0.2) is 18.2 Å². The Bertz CT molecular complexity index is 735. The fraction of sp³-hybridized carbons (Fsp3) is 0.562. The van der Waals surface area contributed by atoms with Crippen molar-refractivity contribution >= 4 is 15.9 Å². The highest BCUT2D eigenvalue weighted by molar-refractivity contribution is 7.92. The van der Waals surface area contributed by atoms with E-state index in [2.05, 4.69) is 5.32 Å². The third-order valence-corrected chi connectivity index (χ3v) is 7.13. The highest BCUT2D eigenvalue weighted by Crippen LogP contribution is 2.25. The Morgan fingerprint density at radius 2 is 1.92 bits per heavy atom. The Morgan fingerprint density at radius 3 is 2.54 bits per heavy atom. The van der Waals surface area contributed by atoms with Crippen molar-refractivity contribution in [2.24, 2.45) is 0 Å². The van der Waals surface area contributed by atoms with Gasteiger partial charge in [0.15, 0.2) is 21.5 Å². The molecule has 1 atom stereocenters. The second-order valence-corrected chi connectivity index (χ2v) is 9.40. The van der Waals surface area contributed by atoms with E-state index in [0.29, 0.717) is 18.5 Å². The zero-order valence-electron chi connectivity index (χ0n) is 14.0. The molecule has 2 rings (SSSR count). The number of halogens is 2. The maximum Gasteiger partial charge on any atom is 0.317 e. The third kappa shape index (κ3) is 3.85. The maximum absolute atomic E-state index is 13.3. The molecule has 1 aliphatic rings. The van der Waals surface area contributed by atoms with Crippen LogP contribution in [0.2, 0.25) is 0 Å². The van der Waals surface area contributed by atoms with Crippen molar-refractivity contribution in [3.05, 3.63) is 35.4 Å². The fourth-order valence-electron chi connectivity index (χ4n) is 2.52. The van der Waals surface area contributed by atoms with Crippen LogP contribution in [0.3, 0.4) is 0 Å². The van der Waals surface area contributed by atoms with Crippen LogP contribution in [0.4, 0.5) is 13.6 Å². The van der Waals surface area contributed by atoms with Gasteiger partial charge in [-0.1, -0.05) is 6.07 Å². The van der Waals surface area contributed by atoms with Gasteiger partial charge in [0.05, 0.1) is 16.5 Å². The summed E-state index contributed by atoms with van der Waals surface area (Å²) in [5.41, 5.74) is 0.435. The van der Waals surface area contributed by atoms with E-state index < -0.39 is 38.3 Å². The molecule has 5 nitrogen and oxygen atoms in total. The molecule has 0 saturated carbocycles. The Morgan fingerprint density at radius 1 is 1.25 bits per heavy atom. The molecule has 1 N–H and O–H groups in total. The number of rotatable bonds is 2. The van der Waals surface area contributed by atoms with Crippen molar-refractivity contribution in [1.82, 2.24) is 10.2 Å².